The highest BCUT2D eigenvalue weighted by atomic mass is 19.1. The molecular weight excluding hydrogens is 333 g/mol. The standard InChI is InChI=1S/C20H20FN3O2/c1-3-14-4-6-15(7-5-14)13-24-19(10-11-22-24)23-20(25)16-8-9-18(26-2)17(21)12-16/h4-12H,3,13H2,1-2H3,(H,23,25). The molecule has 0 saturated carbocycles. The van der Waals surface area contributed by atoms with E-state index in [1.807, 2.05) is 12.1 Å². The molecule has 26 heavy (non-hydrogen) atoms. The maximum absolute atomic E-state index is 13.8. The minimum absolute atomic E-state index is 0.0992. The monoisotopic (exact) mass is 353 g/mol. The highest BCUT2D eigenvalue weighted by molar-refractivity contribution is 6.03. The lowest BCUT2D eigenvalue weighted by atomic mass is 10.1. The van der Waals surface area contributed by atoms with Crippen LogP contribution in [0.3, 0.4) is 0 Å². The predicted molar refractivity (Wildman–Crippen MR) is 98.1 cm³/mol. The molecule has 0 aliphatic carbocycles. The maximum atomic E-state index is 13.8. The first-order chi connectivity index (χ1) is 12.6. The van der Waals surface area contributed by atoms with Gasteiger partial charge in [-0.15, -0.1) is 0 Å². The smallest absolute Gasteiger partial charge is 0.256 e. The van der Waals surface area contributed by atoms with Crippen molar-refractivity contribution in [1.29, 1.82) is 0 Å². The van der Waals surface area contributed by atoms with E-state index in [0.717, 1.165) is 18.1 Å². The van der Waals surface area contributed by atoms with Crippen molar-refractivity contribution in [1.82, 2.24) is 9.78 Å². The molecule has 1 amide bonds. The Hall–Kier alpha value is -3.15. The number of anilines is 1. The Kier molecular flexibility index (Phi) is 5.31. The summed E-state index contributed by atoms with van der Waals surface area (Å²) in [5, 5.41) is 7.02. The number of aromatic nitrogens is 2. The molecular formula is C20H20FN3O2. The molecule has 6 heteroatoms. The van der Waals surface area contributed by atoms with Crippen LogP contribution in [0.1, 0.15) is 28.4 Å². The molecule has 0 saturated heterocycles. The lowest BCUT2D eigenvalue weighted by Gasteiger charge is -2.10. The molecule has 1 aromatic heterocycles. The number of nitrogens with zero attached hydrogens (tertiary/aromatic N) is 2. The zero-order valence-corrected chi connectivity index (χ0v) is 14.7. The number of hydrogen-bond acceptors (Lipinski definition) is 3. The first-order valence-corrected chi connectivity index (χ1v) is 8.35. The van der Waals surface area contributed by atoms with Crippen molar-refractivity contribution in [3.8, 4) is 5.75 Å². The van der Waals surface area contributed by atoms with E-state index in [2.05, 4.69) is 29.5 Å². The van der Waals surface area contributed by atoms with E-state index in [-0.39, 0.29) is 11.3 Å². The predicted octanol–water partition coefficient (Wildman–Crippen LogP) is 3.89. The van der Waals surface area contributed by atoms with Crippen LogP contribution >= 0.6 is 0 Å². The first kappa shape index (κ1) is 17.7. The van der Waals surface area contributed by atoms with Crippen LogP contribution in [-0.2, 0) is 13.0 Å². The van der Waals surface area contributed by atoms with Crippen LogP contribution in [0.4, 0.5) is 10.2 Å². The molecule has 1 heterocycles. The lowest BCUT2D eigenvalue weighted by Crippen LogP contribution is -2.16. The van der Waals surface area contributed by atoms with E-state index in [1.165, 1.54) is 24.8 Å². The largest absolute Gasteiger partial charge is 0.494 e. The van der Waals surface area contributed by atoms with Crippen molar-refractivity contribution < 1.29 is 13.9 Å². The Bertz CT molecular complexity index is 904. The third-order valence-electron chi connectivity index (χ3n) is 4.14. The molecule has 3 rings (SSSR count). The average molecular weight is 353 g/mol. The van der Waals surface area contributed by atoms with E-state index in [9.17, 15) is 9.18 Å². The fourth-order valence-corrected chi connectivity index (χ4v) is 2.61. The molecule has 0 unspecified atom stereocenters. The highest BCUT2D eigenvalue weighted by Crippen LogP contribution is 2.19. The summed E-state index contributed by atoms with van der Waals surface area (Å²) in [6.07, 6.45) is 2.60. The van der Waals surface area contributed by atoms with Gasteiger partial charge in [-0.25, -0.2) is 9.07 Å². The van der Waals surface area contributed by atoms with Crippen LogP contribution in [0, 0.1) is 5.82 Å². The second-order valence-electron chi connectivity index (χ2n) is 5.85. The van der Waals surface area contributed by atoms with Crippen molar-refractivity contribution in [2.45, 2.75) is 19.9 Å². The van der Waals surface area contributed by atoms with Gasteiger partial charge in [0.15, 0.2) is 11.6 Å². The summed E-state index contributed by atoms with van der Waals surface area (Å²) >= 11 is 0. The van der Waals surface area contributed by atoms with E-state index >= 15 is 0 Å². The summed E-state index contributed by atoms with van der Waals surface area (Å²) in [7, 11) is 1.38. The summed E-state index contributed by atoms with van der Waals surface area (Å²) < 4.78 is 20.4. The Morgan fingerprint density at radius 2 is 1.88 bits per heavy atom. The van der Waals surface area contributed by atoms with Gasteiger partial charge in [-0.2, -0.15) is 5.10 Å². The summed E-state index contributed by atoms with van der Waals surface area (Å²) in [6.45, 7) is 2.64. The molecule has 0 bridgehead atoms. The number of amides is 1. The third-order valence-corrected chi connectivity index (χ3v) is 4.14. The number of hydrogen-bond donors (Lipinski definition) is 1. The van der Waals surface area contributed by atoms with Gasteiger partial charge in [0.1, 0.15) is 5.82 Å². The SMILES string of the molecule is CCc1ccc(Cn2nccc2NC(=O)c2ccc(OC)c(F)c2)cc1. The van der Waals surface area contributed by atoms with Gasteiger partial charge in [-0.3, -0.25) is 4.79 Å². The van der Waals surface area contributed by atoms with Gasteiger partial charge in [-0.1, -0.05) is 31.2 Å². The molecule has 0 spiro atoms. The third kappa shape index (κ3) is 3.91. The van der Waals surface area contributed by atoms with Crippen LogP contribution < -0.4 is 10.1 Å². The van der Waals surface area contributed by atoms with E-state index in [0.29, 0.717) is 12.4 Å². The number of carbonyl (C=O) groups excluding carboxylic acids is 1. The van der Waals surface area contributed by atoms with Crippen LogP contribution in [0.25, 0.3) is 0 Å². The number of benzene rings is 2. The summed E-state index contributed by atoms with van der Waals surface area (Å²) in [5.41, 5.74) is 2.56. The van der Waals surface area contributed by atoms with E-state index < -0.39 is 11.7 Å². The highest BCUT2D eigenvalue weighted by Gasteiger charge is 2.13. The number of nitrogens with one attached hydrogen (secondary N) is 1. The van der Waals surface area contributed by atoms with Crippen LogP contribution in [-0.4, -0.2) is 22.8 Å². The molecule has 3 aromatic rings. The first-order valence-electron chi connectivity index (χ1n) is 8.35. The minimum Gasteiger partial charge on any atom is -0.494 e. The van der Waals surface area contributed by atoms with Crippen molar-refractivity contribution in [2.24, 2.45) is 0 Å². The number of aryl methyl sites for hydroxylation is 1. The lowest BCUT2D eigenvalue weighted by molar-refractivity contribution is 0.102. The molecule has 0 fully saturated rings. The van der Waals surface area contributed by atoms with Crippen LogP contribution in [0.5, 0.6) is 5.75 Å². The van der Waals surface area contributed by atoms with Gasteiger partial charge in [0.2, 0.25) is 0 Å². The maximum Gasteiger partial charge on any atom is 0.256 e. The normalized spacial score (nSPS) is 10.6. The Morgan fingerprint density at radius 1 is 1.15 bits per heavy atom. The molecule has 0 aliphatic heterocycles. The minimum atomic E-state index is -0.579. The van der Waals surface area contributed by atoms with Crippen molar-refractivity contribution in [3.05, 3.63) is 77.2 Å². The molecule has 5 nitrogen and oxygen atoms in total. The molecule has 0 atom stereocenters. The molecule has 0 radical (unpaired) electrons. The van der Waals surface area contributed by atoms with E-state index in [1.54, 1.807) is 16.9 Å². The fraction of sp³-hybridized carbons (Fsp3) is 0.200. The average Bonchev–Trinajstić information content (AvgIpc) is 3.09. The second kappa shape index (κ2) is 7.82. The topological polar surface area (TPSA) is 56.2 Å². The number of rotatable bonds is 6. The van der Waals surface area contributed by atoms with Gasteiger partial charge in [0.05, 0.1) is 19.9 Å². The van der Waals surface area contributed by atoms with Crippen molar-refractivity contribution in [3.63, 3.8) is 0 Å². The molecule has 2 aromatic carbocycles. The van der Waals surface area contributed by atoms with Gasteiger partial charge in [-0.05, 0) is 35.7 Å². The van der Waals surface area contributed by atoms with Gasteiger partial charge < -0.3 is 10.1 Å². The van der Waals surface area contributed by atoms with Crippen molar-refractivity contribution in [2.75, 3.05) is 12.4 Å². The zero-order valence-electron chi connectivity index (χ0n) is 14.7. The van der Waals surface area contributed by atoms with Crippen molar-refractivity contribution >= 4 is 11.7 Å². The van der Waals surface area contributed by atoms with Gasteiger partial charge in [0, 0.05) is 11.6 Å². The van der Waals surface area contributed by atoms with Crippen LogP contribution in [0.15, 0.2) is 54.7 Å². The van der Waals surface area contributed by atoms with E-state index in [4.69, 9.17) is 4.74 Å². The summed E-state index contributed by atoms with van der Waals surface area (Å²) in [5.74, 6) is -0.341. The molecule has 1 N–H and O–H groups in total. The van der Waals surface area contributed by atoms with Gasteiger partial charge >= 0.3 is 0 Å². The number of ether oxygens (including phenoxy) is 1. The fourth-order valence-electron chi connectivity index (χ4n) is 2.61. The zero-order chi connectivity index (χ0) is 18.5. The Morgan fingerprint density at radius 3 is 2.54 bits per heavy atom. The van der Waals surface area contributed by atoms with Gasteiger partial charge in [0.25, 0.3) is 5.91 Å². The summed E-state index contributed by atoms with van der Waals surface area (Å²) in [4.78, 5) is 12.4. The second-order valence-corrected chi connectivity index (χ2v) is 5.85. The summed E-state index contributed by atoms with van der Waals surface area (Å²) in [6, 6.07) is 14.1. The Labute approximate surface area is 151 Å². The Balaban J connectivity index is 1.73. The number of methoxy groups -OCH3 is 1. The number of halogens is 1. The molecule has 134 valence electrons. The number of carbonyl (C=O) groups is 1. The van der Waals surface area contributed by atoms with Crippen LogP contribution in [0.2, 0.25) is 0 Å². The molecule has 0 aliphatic rings. The quantitative estimate of drug-likeness (QED) is 0.731.